The number of rotatable bonds is 65. The van der Waals surface area contributed by atoms with E-state index in [0.29, 0.717) is 12.8 Å². The lowest BCUT2D eigenvalue weighted by Gasteiger charge is -2.46. The van der Waals surface area contributed by atoms with Crippen molar-refractivity contribution in [2.24, 2.45) is 0 Å². The summed E-state index contributed by atoms with van der Waals surface area (Å²) >= 11 is 0. The van der Waals surface area contributed by atoms with Gasteiger partial charge in [0.15, 0.2) is 12.6 Å². The molecule has 556 valence electrons. The molecule has 2 rings (SSSR count). The van der Waals surface area contributed by atoms with Gasteiger partial charge in [-0.1, -0.05) is 329 Å². The Kier molecular flexibility index (Phi) is 60.5. The molecule has 12 atom stereocenters. The van der Waals surface area contributed by atoms with Crippen molar-refractivity contribution in [3.8, 4) is 0 Å². The van der Waals surface area contributed by atoms with Gasteiger partial charge in [0.2, 0.25) is 5.91 Å². The summed E-state index contributed by atoms with van der Waals surface area (Å²) in [6.07, 6.45) is 76.2. The van der Waals surface area contributed by atoms with E-state index in [0.717, 1.165) is 70.6 Å². The Bertz CT molecular complexity index is 1980. The van der Waals surface area contributed by atoms with Crippen molar-refractivity contribution >= 4 is 5.91 Å². The van der Waals surface area contributed by atoms with Gasteiger partial charge < -0.3 is 65.1 Å². The summed E-state index contributed by atoms with van der Waals surface area (Å²) in [5, 5.41) is 87.6. The molecule has 96 heavy (non-hydrogen) atoms. The van der Waals surface area contributed by atoms with Crippen LogP contribution >= 0.6 is 0 Å². The molecule has 0 saturated carbocycles. The minimum atomic E-state index is -1.80. The molecule has 0 bridgehead atoms. The van der Waals surface area contributed by atoms with E-state index in [4.69, 9.17) is 18.9 Å². The number of carbonyl (C=O) groups excluding carboxylic acids is 1. The van der Waals surface area contributed by atoms with Gasteiger partial charge >= 0.3 is 0 Å². The summed E-state index contributed by atoms with van der Waals surface area (Å²) in [7, 11) is 0. The number of aliphatic hydroxyl groups excluding tert-OH is 8. The molecule has 0 aromatic heterocycles. The van der Waals surface area contributed by atoms with E-state index in [1.807, 2.05) is 6.08 Å². The zero-order valence-corrected chi connectivity index (χ0v) is 60.8. The summed E-state index contributed by atoms with van der Waals surface area (Å²) < 4.78 is 22.9. The van der Waals surface area contributed by atoms with E-state index in [1.165, 1.54) is 218 Å². The third-order valence-electron chi connectivity index (χ3n) is 18.8. The van der Waals surface area contributed by atoms with Crippen molar-refractivity contribution in [2.45, 2.75) is 396 Å². The second kappa shape index (κ2) is 65.2. The number of nitrogens with one attached hydrogen (secondary N) is 1. The summed E-state index contributed by atoms with van der Waals surface area (Å²) in [6.45, 7) is 2.71. The van der Waals surface area contributed by atoms with Crippen LogP contribution in [0.4, 0.5) is 0 Å². The molecular formula is C82H145NO13. The van der Waals surface area contributed by atoms with E-state index in [9.17, 15) is 45.6 Å². The highest BCUT2D eigenvalue weighted by Crippen LogP contribution is 2.30. The van der Waals surface area contributed by atoms with E-state index < -0.39 is 86.8 Å². The highest BCUT2D eigenvalue weighted by molar-refractivity contribution is 5.76. The fraction of sp³-hybridized carbons (Fsp3) is 0.793. The minimum Gasteiger partial charge on any atom is -0.394 e. The first-order chi connectivity index (χ1) is 47.1. The maximum Gasteiger partial charge on any atom is 0.220 e. The topological polar surface area (TPSA) is 228 Å². The van der Waals surface area contributed by atoms with Gasteiger partial charge in [-0.2, -0.15) is 0 Å². The molecule has 2 fully saturated rings. The smallest absolute Gasteiger partial charge is 0.220 e. The zero-order chi connectivity index (χ0) is 69.4. The van der Waals surface area contributed by atoms with Crippen LogP contribution in [-0.2, 0) is 23.7 Å². The van der Waals surface area contributed by atoms with Crippen LogP contribution in [0.3, 0.4) is 0 Å². The Morgan fingerprint density at radius 3 is 1.15 bits per heavy atom. The number of hydrogen-bond donors (Lipinski definition) is 9. The largest absolute Gasteiger partial charge is 0.394 e. The molecule has 0 aromatic rings. The molecule has 9 N–H and O–H groups in total. The van der Waals surface area contributed by atoms with Crippen molar-refractivity contribution in [2.75, 3.05) is 19.8 Å². The fourth-order valence-corrected chi connectivity index (χ4v) is 12.6. The number of ether oxygens (including phenoxy) is 4. The second-order valence-electron chi connectivity index (χ2n) is 27.4. The average molecular weight is 1350 g/mol. The maximum absolute atomic E-state index is 13.4. The first-order valence-electron chi connectivity index (χ1n) is 39.5. The van der Waals surface area contributed by atoms with Gasteiger partial charge in [0.25, 0.3) is 0 Å². The number of unbranched alkanes of at least 4 members (excludes halogenated alkanes) is 38. The lowest BCUT2D eigenvalue weighted by molar-refractivity contribution is -0.359. The van der Waals surface area contributed by atoms with Crippen LogP contribution in [0.1, 0.15) is 322 Å². The molecule has 2 aliphatic rings. The van der Waals surface area contributed by atoms with Crippen molar-refractivity contribution in [3.05, 3.63) is 97.2 Å². The maximum atomic E-state index is 13.4. The SMILES string of the molecule is CC/C=C\C/C=C\C/C=C\C/C=C\C/C=C\C/C=C\CCCCCCCCCCCCCCCCC(=O)NC(COC1OC(CO)C(OC2OC(CO)C(O)C(O)C2O)C(O)C1O)C(O)/C=C/CC/C=C/CCCCCCCCCCCCCCCCCCCCCCCCC. The molecule has 2 aliphatic heterocycles. The molecule has 0 spiro atoms. The number of aliphatic hydroxyl groups is 8. The predicted octanol–water partition coefficient (Wildman–Crippen LogP) is 17.7. The minimum absolute atomic E-state index is 0.249. The fourth-order valence-electron chi connectivity index (χ4n) is 12.6. The van der Waals surface area contributed by atoms with Crippen molar-refractivity contribution < 1.29 is 64.6 Å². The Labute approximate surface area is 585 Å². The van der Waals surface area contributed by atoms with E-state index in [-0.39, 0.29) is 18.9 Å². The highest BCUT2D eigenvalue weighted by atomic mass is 16.7. The molecule has 1 amide bonds. The summed E-state index contributed by atoms with van der Waals surface area (Å²) in [6, 6.07) is -0.939. The van der Waals surface area contributed by atoms with Crippen molar-refractivity contribution in [1.82, 2.24) is 5.32 Å². The molecule has 14 nitrogen and oxygen atoms in total. The van der Waals surface area contributed by atoms with Crippen LogP contribution in [0.25, 0.3) is 0 Å². The van der Waals surface area contributed by atoms with Gasteiger partial charge in [0.1, 0.15) is 48.8 Å². The zero-order valence-electron chi connectivity index (χ0n) is 60.8. The first-order valence-corrected chi connectivity index (χ1v) is 39.5. The van der Waals surface area contributed by atoms with Crippen LogP contribution in [0.15, 0.2) is 97.2 Å². The van der Waals surface area contributed by atoms with E-state index in [1.54, 1.807) is 6.08 Å². The first kappa shape index (κ1) is 89.0. The van der Waals surface area contributed by atoms with Gasteiger partial charge in [0.05, 0.1) is 32.0 Å². The lowest BCUT2D eigenvalue weighted by atomic mass is 9.97. The molecular weight excluding hydrogens is 1210 g/mol. The van der Waals surface area contributed by atoms with Crippen LogP contribution in [-0.4, -0.2) is 140 Å². The van der Waals surface area contributed by atoms with E-state index in [2.05, 4.69) is 104 Å². The van der Waals surface area contributed by atoms with Crippen LogP contribution in [0.2, 0.25) is 0 Å². The number of amides is 1. The molecule has 12 unspecified atom stereocenters. The van der Waals surface area contributed by atoms with Gasteiger partial charge in [-0.05, 0) is 83.5 Å². The standard InChI is InChI=1S/C82H145NO13/c1-3-5-7-9-11-13-15-17-19-21-23-25-27-29-31-33-34-35-36-38-40-42-44-46-48-50-52-54-56-58-60-62-64-66-74(87)83-70(69-93-81-79(92)77(90)80(73(68-85)95-81)96-82-78(91)76(89)75(88)72(67-84)94-82)71(86)65-63-61-59-57-55-53-51-49-47-45-43-41-39-37-32-30-28-26-24-22-20-18-16-14-12-10-8-6-4-2/h5,7,11,13,17,19,23,25,29,31,34-35,55,57,63,65,70-73,75-82,84-86,88-92H,3-4,6,8-10,12,14-16,18,20-22,24,26-28,30,32-33,36-54,56,58-62,64,66-69H2,1-2H3,(H,83,87)/b7-5-,13-11-,19-17-,25-23-,31-29-,35-34-,57-55+,65-63+. The van der Waals surface area contributed by atoms with Crippen molar-refractivity contribution in [3.63, 3.8) is 0 Å². The van der Waals surface area contributed by atoms with Gasteiger partial charge in [-0.25, -0.2) is 0 Å². The number of carbonyl (C=O) groups is 1. The van der Waals surface area contributed by atoms with Gasteiger partial charge in [-0.3, -0.25) is 4.79 Å². The van der Waals surface area contributed by atoms with Gasteiger partial charge in [-0.15, -0.1) is 0 Å². The third kappa shape index (κ3) is 47.9. The van der Waals surface area contributed by atoms with Crippen LogP contribution < -0.4 is 5.32 Å². The molecule has 0 aromatic carbocycles. The van der Waals surface area contributed by atoms with Crippen LogP contribution in [0, 0.1) is 0 Å². The Hall–Kier alpha value is -3.09. The predicted molar refractivity (Wildman–Crippen MR) is 396 cm³/mol. The quantitative estimate of drug-likeness (QED) is 0.0204. The Morgan fingerprint density at radius 1 is 0.385 bits per heavy atom. The third-order valence-corrected chi connectivity index (χ3v) is 18.8. The lowest BCUT2D eigenvalue weighted by Crippen LogP contribution is -2.65. The summed E-state index contributed by atoms with van der Waals surface area (Å²) in [5.74, 6) is -0.249. The Morgan fingerprint density at radius 2 is 0.729 bits per heavy atom. The molecule has 0 aliphatic carbocycles. The number of allylic oxidation sites excluding steroid dienone is 15. The second-order valence-corrected chi connectivity index (χ2v) is 27.4. The molecule has 2 heterocycles. The average Bonchev–Trinajstić information content (AvgIpc) is 0.812. The summed E-state index contributed by atoms with van der Waals surface area (Å²) in [5.41, 5.74) is 0. The van der Waals surface area contributed by atoms with Gasteiger partial charge in [0, 0.05) is 6.42 Å². The molecule has 0 radical (unpaired) electrons. The summed E-state index contributed by atoms with van der Waals surface area (Å²) in [4.78, 5) is 13.4. The van der Waals surface area contributed by atoms with Crippen LogP contribution in [0.5, 0.6) is 0 Å². The molecule has 2 saturated heterocycles. The normalized spacial score (nSPS) is 22.8. The van der Waals surface area contributed by atoms with Crippen molar-refractivity contribution in [1.29, 1.82) is 0 Å². The molecule has 14 heteroatoms. The monoisotopic (exact) mass is 1350 g/mol. The Balaban J connectivity index is 1.64. The van der Waals surface area contributed by atoms with E-state index >= 15 is 0 Å². The highest BCUT2D eigenvalue weighted by Gasteiger charge is 2.51. The number of hydrogen-bond acceptors (Lipinski definition) is 13.